The fraction of sp³-hybridized carbons (Fsp3) is 0.500. The normalized spacial score (nSPS) is 11.9. The van der Waals surface area contributed by atoms with Crippen LogP contribution in [0.4, 0.5) is 0 Å². The Morgan fingerprint density at radius 2 is 2.26 bits per heavy atom. The topological polar surface area (TPSA) is 47.6 Å². The second kappa shape index (κ2) is 8.93. The number of ether oxygens (including phenoxy) is 2. The summed E-state index contributed by atoms with van der Waals surface area (Å²) in [4.78, 5) is 12.1. The first-order valence-corrected chi connectivity index (χ1v) is 7.42. The quantitative estimate of drug-likeness (QED) is 0.746. The maximum absolute atomic E-state index is 12.1. The lowest BCUT2D eigenvalue weighted by Gasteiger charge is -2.15. The van der Waals surface area contributed by atoms with Gasteiger partial charge in [-0.3, -0.25) is 4.79 Å². The zero-order chi connectivity index (χ0) is 14.1. The predicted molar refractivity (Wildman–Crippen MR) is 79.2 cm³/mol. The molecule has 0 aromatic heterocycles. The second-order valence-corrected chi connectivity index (χ2v) is 4.80. The van der Waals surface area contributed by atoms with E-state index in [2.05, 4.69) is 21.2 Å². The first-order valence-electron chi connectivity index (χ1n) is 6.29. The Hall–Kier alpha value is -1.07. The van der Waals surface area contributed by atoms with Crippen molar-refractivity contribution in [1.29, 1.82) is 0 Å². The minimum Gasteiger partial charge on any atom is -0.494 e. The molecule has 0 saturated heterocycles. The number of nitrogens with one attached hydrogen (secondary N) is 1. The van der Waals surface area contributed by atoms with Crippen molar-refractivity contribution in [3.63, 3.8) is 0 Å². The third-order valence-electron chi connectivity index (χ3n) is 2.46. The summed E-state index contributed by atoms with van der Waals surface area (Å²) in [5, 5.41) is 3.55. The maximum Gasteiger partial charge on any atom is 0.251 e. The van der Waals surface area contributed by atoms with Crippen molar-refractivity contribution in [3.8, 4) is 5.75 Å². The van der Waals surface area contributed by atoms with E-state index < -0.39 is 0 Å². The highest BCUT2D eigenvalue weighted by atomic mass is 79.9. The van der Waals surface area contributed by atoms with Crippen molar-refractivity contribution in [3.05, 3.63) is 29.8 Å². The van der Waals surface area contributed by atoms with E-state index in [4.69, 9.17) is 9.47 Å². The summed E-state index contributed by atoms with van der Waals surface area (Å²) in [5.41, 5.74) is 0.593. The van der Waals surface area contributed by atoms with Gasteiger partial charge in [0, 0.05) is 18.0 Å². The molecule has 0 saturated carbocycles. The highest BCUT2D eigenvalue weighted by Gasteiger charge is 2.13. The molecule has 0 aliphatic rings. The summed E-state index contributed by atoms with van der Waals surface area (Å²) in [7, 11) is 1.61. The van der Waals surface area contributed by atoms with Gasteiger partial charge in [-0.2, -0.15) is 0 Å². The Morgan fingerprint density at radius 1 is 1.47 bits per heavy atom. The van der Waals surface area contributed by atoms with Crippen LogP contribution in [0.5, 0.6) is 5.75 Å². The third-order valence-corrected chi connectivity index (χ3v) is 3.24. The Balaban J connectivity index is 2.65. The van der Waals surface area contributed by atoms with Gasteiger partial charge >= 0.3 is 0 Å². The molecule has 1 unspecified atom stereocenters. The molecule has 1 amide bonds. The average molecular weight is 330 g/mol. The van der Waals surface area contributed by atoms with Crippen molar-refractivity contribution in [2.24, 2.45) is 0 Å². The van der Waals surface area contributed by atoms with E-state index in [1.807, 2.05) is 19.1 Å². The van der Waals surface area contributed by atoms with Gasteiger partial charge in [0.15, 0.2) is 0 Å². The number of halogens is 1. The zero-order valence-corrected chi connectivity index (χ0v) is 12.9. The molecule has 5 heteroatoms. The minimum absolute atomic E-state index is 0.0438. The van der Waals surface area contributed by atoms with Crippen molar-refractivity contribution >= 4 is 21.8 Å². The average Bonchev–Trinajstić information content (AvgIpc) is 2.44. The first kappa shape index (κ1) is 16.0. The fourth-order valence-electron chi connectivity index (χ4n) is 1.54. The number of carbonyl (C=O) groups is 1. The maximum atomic E-state index is 12.1. The van der Waals surface area contributed by atoms with Crippen molar-refractivity contribution in [2.75, 3.05) is 25.7 Å². The molecule has 0 bridgehead atoms. The lowest BCUT2D eigenvalue weighted by Crippen LogP contribution is -2.39. The Kier molecular flexibility index (Phi) is 7.52. The van der Waals surface area contributed by atoms with Crippen LogP contribution in [0.3, 0.4) is 0 Å². The Morgan fingerprint density at radius 3 is 2.89 bits per heavy atom. The summed E-state index contributed by atoms with van der Waals surface area (Å²) >= 11 is 3.35. The molecule has 1 atom stereocenters. The molecule has 1 aromatic rings. The van der Waals surface area contributed by atoms with Crippen LogP contribution in [0.25, 0.3) is 0 Å². The third kappa shape index (κ3) is 5.61. The van der Waals surface area contributed by atoms with Gasteiger partial charge < -0.3 is 14.8 Å². The highest BCUT2D eigenvalue weighted by Crippen LogP contribution is 2.13. The summed E-state index contributed by atoms with van der Waals surface area (Å²) in [6.07, 6.45) is 0.940. The van der Waals surface area contributed by atoms with Gasteiger partial charge in [0.1, 0.15) is 5.75 Å². The molecular formula is C14H20BrNO3. The molecule has 0 fully saturated rings. The van der Waals surface area contributed by atoms with Crippen LogP contribution in [-0.2, 0) is 4.74 Å². The van der Waals surface area contributed by atoms with E-state index in [0.717, 1.165) is 12.2 Å². The summed E-state index contributed by atoms with van der Waals surface area (Å²) < 4.78 is 10.5. The van der Waals surface area contributed by atoms with Crippen molar-refractivity contribution in [2.45, 2.75) is 19.4 Å². The van der Waals surface area contributed by atoms with Crippen LogP contribution in [0.2, 0.25) is 0 Å². The molecule has 0 aliphatic carbocycles. The first-order chi connectivity index (χ1) is 9.21. The van der Waals surface area contributed by atoms with Gasteiger partial charge in [0.25, 0.3) is 5.91 Å². The molecular weight excluding hydrogens is 310 g/mol. The van der Waals surface area contributed by atoms with Crippen LogP contribution in [-0.4, -0.2) is 37.6 Å². The van der Waals surface area contributed by atoms with Gasteiger partial charge in [-0.1, -0.05) is 28.9 Å². The number of hydrogen-bond acceptors (Lipinski definition) is 3. The number of benzene rings is 1. The van der Waals surface area contributed by atoms with Crippen LogP contribution >= 0.6 is 15.9 Å². The van der Waals surface area contributed by atoms with E-state index >= 15 is 0 Å². The van der Waals surface area contributed by atoms with Crippen molar-refractivity contribution in [1.82, 2.24) is 5.32 Å². The molecule has 0 radical (unpaired) electrons. The number of rotatable bonds is 8. The second-order valence-electron chi connectivity index (χ2n) is 4.16. The molecule has 0 spiro atoms. The predicted octanol–water partition coefficient (Wildman–Crippen LogP) is 2.62. The fourth-order valence-corrected chi connectivity index (χ4v) is 1.89. The van der Waals surface area contributed by atoms with E-state index in [0.29, 0.717) is 24.1 Å². The highest BCUT2D eigenvalue weighted by molar-refractivity contribution is 9.09. The van der Waals surface area contributed by atoms with Crippen LogP contribution in [0.1, 0.15) is 23.7 Å². The number of methoxy groups -OCH3 is 1. The SMILES string of the molecule is CCCOc1cccc(C(=O)NC(CBr)COC)c1. The molecule has 106 valence electrons. The number of amides is 1. The van der Waals surface area contributed by atoms with Gasteiger partial charge in [-0.15, -0.1) is 0 Å². The Bertz CT molecular complexity index is 398. The number of carbonyl (C=O) groups excluding carboxylic acids is 1. The van der Waals surface area contributed by atoms with E-state index in [1.165, 1.54) is 0 Å². The van der Waals surface area contributed by atoms with Crippen LogP contribution in [0.15, 0.2) is 24.3 Å². The molecule has 19 heavy (non-hydrogen) atoms. The molecule has 0 aliphatic heterocycles. The molecule has 1 rings (SSSR count). The Labute approximate surface area is 122 Å². The van der Waals surface area contributed by atoms with Crippen LogP contribution < -0.4 is 10.1 Å². The molecule has 1 N–H and O–H groups in total. The monoisotopic (exact) mass is 329 g/mol. The van der Waals surface area contributed by atoms with Gasteiger partial charge in [-0.25, -0.2) is 0 Å². The van der Waals surface area contributed by atoms with E-state index in [1.54, 1.807) is 19.2 Å². The zero-order valence-electron chi connectivity index (χ0n) is 11.3. The summed E-state index contributed by atoms with van der Waals surface area (Å²) in [5.74, 6) is 0.597. The number of hydrogen-bond donors (Lipinski definition) is 1. The van der Waals surface area contributed by atoms with Crippen molar-refractivity contribution < 1.29 is 14.3 Å². The smallest absolute Gasteiger partial charge is 0.251 e. The van der Waals surface area contributed by atoms with Gasteiger partial charge in [0.2, 0.25) is 0 Å². The van der Waals surface area contributed by atoms with Gasteiger partial charge in [0.05, 0.1) is 19.3 Å². The lowest BCUT2D eigenvalue weighted by molar-refractivity contribution is 0.0907. The standard InChI is InChI=1S/C14H20BrNO3/c1-3-7-19-13-6-4-5-11(8-13)14(17)16-12(9-15)10-18-2/h4-6,8,12H,3,7,9-10H2,1-2H3,(H,16,17). The molecule has 0 heterocycles. The molecule has 1 aromatic carbocycles. The molecule has 4 nitrogen and oxygen atoms in total. The van der Waals surface area contributed by atoms with E-state index in [-0.39, 0.29) is 11.9 Å². The minimum atomic E-state index is -0.122. The summed E-state index contributed by atoms with van der Waals surface area (Å²) in [6.45, 7) is 3.17. The largest absolute Gasteiger partial charge is 0.494 e. The van der Waals surface area contributed by atoms with Gasteiger partial charge in [-0.05, 0) is 24.6 Å². The number of alkyl halides is 1. The van der Waals surface area contributed by atoms with Crippen LogP contribution in [0, 0.1) is 0 Å². The summed E-state index contributed by atoms with van der Waals surface area (Å²) in [6, 6.07) is 7.15. The lowest BCUT2D eigenvalue weighted by atomic mass is 10.2. The van der Waals surface area contributed by atoms with E-state index in [9.17, 15) is 4.79 Å².